The number of para-hydroxylation sites is 1. The van der Waals surface area contributed by atoms with E-state index in [1.54, 1.807) is 12.1 Å². The minimum atomic E-state index is -0.497. The number of anilines is 2. The number of halogens is 1. The highest BCUT2D eigenvalue weighted by Gasteiger charge is 2.31. The van der Waals surface area contributed by atoms with Gasteiger partial charge >= 0.3 is 0 Å². The number of nitrogens with one attached hydrogen (secondary N) is 2. The Morgan fingerprint density at radius 3 is 2.50 bits per heavy atom. The molecule has 1 fully saturated rings. The zero-order valence-electron chi connectivity index (χ0n) is 14.1. The number of amides is 1. The SMILES string of the molecule is Cl.NCC(NC(=O)c1ccc(Nc2ccccc2)c([N+](=O)[O-])c1)C1CC1. The second kappa shape index (κ2) is 8.64. The molecule has 1 unspecified atom stereocenters. The highest BCUT2D eigenvalue weighted by Crippen LogP contribution is 2.33. The van der Waals surface area contributed by atoms with Gasteiger partial charge in [-0.3, -0.25) is 14.9 Å². The van der Waals surface area contributed by atoms with Crippen LogP contribution >= 0.6 is 12.4 Å². The standard InChI is InChI=1S/C18H20N4O3.ClH/c19-11-16(12-6-7-12)21-18(23)13-8-9-15(17(10-13)22(24)25)20-14-4-2-1-3-5-14;/h1-5,8-10,12,16,20H,6-7,11,19H2,(H,21,23);1H. The molecule has 2 aromatic rings. The maximum Gasteiger partial charge on any atom is 0.293 e. The first kappa shape index (κ1) is 19.7. The third kappa shape index (κ3) is 4.71. The van der Waals surface area contributed by atoms with Crippen molar-refractivity contribution in [3.63, 3.8) is 0 Å². The molecule has 0 heterocycles. The summed E-state index contributed by atoms with van der Waals surface area (Å²) >= 11 is 0. The van der Waals surface area contributed by atoms with E-state index in [0.29, 0.717) is 18.2 Å². The van der Waals surface area contributed by atoms with E-state index in [0.717, 1.165) is 18.5 Å². The summed E-state index contributed by atoms with van der Waals surface area (Å²) in [5.74, 6) is 0.0830. The molecule has 1 amide bonds. The molecule has 0 aromatic heterocycles. The Kier molecular flexibility index (Phi) is 6.54. The van der Waals surface area contributed by atoms with Crippen LogP contribution in [0.3, 0.4) is 0 Å². The van der Waals surface area contributed by atoms with E-state index in [1.807, 2.05) is 30.3 Å². The van der Waals surface area contributed by atoms with Crippen molar-refractivity contribution >= 4 is 35.4 Å². The van der Waals surface area contributed by atoms with E-state index in [1.165, 1.54) is 6.07 Å². The molecule has 0 aliphatic heterocycles. The second-order valence-electron chi connectivity index (χ2n) is 6.13. The van der Waals surface area contributed by atoms with Crippen LogP contribution in [-0.4, -0.2) is 23.4 Å². The summed E-state index contributed by atoms with van der Waals surface area (Å²) in [6, 6.07) is 13.5. The molecule has 26 heavy (non-hydrogen) atoms. The summed E-state index contributed by atoms with van der Waals surface area (Å²) in [6.45, 7) is 0.367. The summed E-state index contributed by atoms with van der Waals surface area (Å²) in [4.78, 5) is 23.3. The van der Waals surface area contributed by atoms with E-state index >= 15 is 0 Å². The van der Waals surface area contributed by atoms with Gasteiger partial charge in [-0.2, -0.15) is 0 Å². The van der Waals surface area contributed by atoms with Gasteiger partial charge < -0.3 is 16.4 Å². The molecule has 4 N–H and O–H groups in total. The average Bonchev–Trinajstić information content (AvgIpc) is 3.45. The van der Waals surface area contributed by atoms with Crippen molar-refractivity contribution in [2.45, 2.75) is 18.9 Å². The number of hydrogen-bond donors (Lipinski definition) is 3. The lowest BCUT2D eigenvalue weighted by Gasteiger charge is -2.16. The highest BCUT2D eigenvalue weighted by atomic mass is 35.5. The molecule has 0 saturated heterocycles. The molecule has 1 aliphatic rings. The molecular formula is C18H21ClN4O3. The first-order valence-corrected chi connectivity index (χ1v) is 8.20. The maximum atomic E-state index is 12.4. The molecule has 0 bridgehead atoms. The van der Waals surface area contributed by atoms with E-state index in [2.05, 4.69) is 10.6 Å². The Balaban J connectivity index is 0.00000243. The monoisotopic (exact) mass is 376 g/mol. The Morgan fingerprint density at radius 1 is 1.23 bits per heavy atom. The number of nitrogens with zero attached hydrogens (tertiary/aromatic N) is 1. The van der Waals surface area contributed by atoms with Gasteiger partial charge in [-0.1, -0.05) is 18.2 Å². The zero-order chi connectivity index (χ0) is 17.8. The van der Waals surface area contributed by atoms with E-state index in [9.17, 15) is 14.9 Å². The molecule has 7 nitrogen and oxygen atoms in total. The van der Waals surface area contributed by atoms with Gasteiger partial charge in [0.1, 0.15) is 5.69 Å². The maximum absolute atomic E-state index is 12.4. The first-order valence-electron chi connectivity index (χ1n) is 8.20. The number of benzene rings is 2. The van der Waals surface area contributed by atoms with Crippen molar-refractivity contribution in [3.8, 4) is 0 Å². The third-order valence-electron chi connectivity index (χ3n) is 4.27. The molecule has 138 valence electrons. The van der Waals surface area contributed by atoms with Gasteiger partial charge in [0.15, 0.2) is 0 Å². The largest absolute Gasteiger partial charge is 0.350 e. The zero-order valence-corrected chi connectivity index (χ0v) is 14.9. The van der Waals surface area contributed by atoms with Gasteiger partial charge in [-0.15, -0.1) is 12.4 Å². The van der Waals surface area contributed by atoms with Crippen LogP contribution in [0.25, 0.3) is 0 Å². The molecular weight excluding hydrogens is 356 g/mol. The Labute approximate surface area is 157 Å². The van der Waals surface area contributed by atoms with E-state index < -0.39 is 4.92 Å². The van der Waals surface area contributed by atoms with E-state index in [-0.39, 0.29) is 35.6 Å². The van der Waals surface area contributed by atoms with Gasteiger partial charge in [0, 0.05) is 29.9 Å². The smallest absolute Gasteiger partial charge is 0.293 e. The van der Waals surface area contributed by atoms with Gasteiger partial charge in [0.2, 0.25) is 0 Å². The van der Waals surface area contributed by atoms with Crippen LogP contribution in [0.15, 0.2) is 48.5 Å². The van der Waals surface area contributed by atoms with Crippen molar-refractivity contribution in [3.05, 3.63) is 64.2 Å². The van der Waals surface area contributed by atoms with Gasteiger partial charge in [0.05, 0.1) is 4.92 Å². The predicted octanol–water partition coefficient (Wildman–Crippen LogP) is 3.23. The normalized spacial score (nSPS) is 14.0. The van der Waals surface area contributed by atoms with Crippen molar-refractivity contribution in [1.29, 1.82) is 0 Å². The molecule has 1 atom stereocenters. The van der Waals surface area contributed by atoms with Crippen molar-refractivity contribution in [1.82, 2.24) is 5.32 Å². The quantitative estimate of drug-likeness (QED) is 0.507. The van der Waals surface area contributed by atoms with Crippen LogP contribution in [0.5, 0.6) is 0 Å². The predicted molar refractivity (Wildman–Crippen MR) is 103 cm³/mol. The van der Waals surface area contributed by atoms with E-state index in [4.69, 9.17) is 5.73 Å². The summed E-state index contributed by atoms with van der Waals surface area (Å²) in [5, 5.41) is 17.3. The molecule has 2 aromatic carbocycles. The number of rotatable bonds is 7. The Hall–Kier alpha value is -2.64. The highest BCUT2D eigenvalue weighted by molar-refractivity contribution is 5.96. The fourth-order valence-electron chi connectivity index (χ4n) is 2.73. The number of carbonyl (C=O) groups is 1. The van der Waals surface area contributed by atoms with Gasteiger partial charge in [-0.05, 0) is 43.0 Å². The van der Waals surface area contributed by atoms with Crippen LogP contribution < -0.4 is 16.4 Å². The first-order chi connectivity index (χ1) is 12.1. The fourth-order valence-corrected chi connectivity index (χ4v) is 2.73. The number of carbonyl (C=O) groups excluding carboxylic acids is 1. The lowest BCUT2D eigenvalue weighted by Crippen LogP contribution is -2.41. The lowest BCUT2D eigenvalue weighted by atomic mass is 10.1. The molecule has 3 rings (SSSR count). The van der Waals surface area contributed by atoms with Crippen LogP contribution in [0, 0.1) is 16.0 Å². The molecule has 1 saturated carbocycles. The number of nitrogens with two attached hydrogens (primary N) is 1. The number of nitro benzene ring substituents is 1. The van der Waals surface area contributed by atoms with Crippen LogP contribution in [0.1, 0.15) is 23.2 Å². The second-order valence-corrected chi connectivity index (χ2v) is 6.13. The van der Waals surface area contributed by atoms with Gasteiger partial charge in [-0.25, -0.2) is 0 Å². The van der Waals surface area contributed by atoms with Crippen molar-refractivity contribution in [2.24, 2.45) is 11.7 Å². The molecule has 1 aliphatic carbocycles. The molecule has 0 spiro atoms. The van der Waals surface area contributed by atoms with Gasteiger partial charge in [0.25, 0.3) is 11.6 Å². The van der Waals surface area contributed by atoms with Crippen LogP contribution in [-0.2, 0) is 0 Å². The summed E-state index contributed by atoms with van der Waals surface area (Å²) in [7, 11) is 0. The van der Waals surface area contributed by atoms with Crippen LogP contribution in [0.2, 0.25) is 0 Å². The third-order valence-corrected chi connectivity index (χ3v) is 4.27. The van der Waals surface area contributed by atoms with Crippen molar-refractivity contribution < 1.29 is 9.72 Å². The summed E-state index contributed by atoms with van der Waals surface area (Å²) in [5.41, 5.74) is 6.88. The van der Waals surface area contributed by atoms with Crippen LogP contribution in [0.4, 0.5) is 17.1 Å². The Morgan fingerprint density at radius 2 is 1.92 bits per heavy atom. The minimum Gasteiger partial charge on any atom is -0.350 e. The molecule has 0 radical (unpaired) electrons. The fraction of sp³-hybridized carbons (Fsp3) is 0.278. The summed E-state index contributed by atoms with van der Waals surface area (Å²) in [6.07, 6.45) is 2.12. The topological polar surface area (TPSA) is 110 Å². The van der Waals surface area contributed by atoms with Crippen molar-refractivity contribution in [2.75, 3.05) is 11.9 Å². The minimum absolute atomic E-state index is 0. The number of hydrogen-bond acceptors (Lipinski definition) is 5. The Bertz CT molecular complexity index is 781. The lowest BCUT2D eigenvalue weighted by molar-refractivity contribution is -0.383. The number of nitro groups is 1. The summed E-state index contributed by atoms with van der Waals surface area (Å²) < 4.78 is 0. The molecule has 8 heteroatoms. The average molecular weight is 377 g/mol.